The van der Waals surface area contributed by atoms with E-state index in [0.717, 1.165) is 13.1 Å². The number of carbonyl (C=O) groups is 1. The second-order valence-corrected chi connectivity index (χ2v) is 5.67. The third-order valence-corrected chi connectivity index (χ3v) is 3.69. The molecule has 1 aliphatic rings. The van der Waals surface area contributed by atoms with Crippen LogP contribution in [0, 0.1) is 5.92 Å². The number of anilines is 1. The molecule has 1 aliphatic heterocycles. The molecule has 1 aromatic heterocycles. The Hall–Kier alpha value is -1.39. The van der Waals surface area contributed by atoms with Gasteiger partial charge in [0.15, 0.2) is 0 Å². The summed E-state index contributed by atoms with van der Waals surface area (Å²) in [5.74, 6) is 1.08. The normalized spacial score (nSPS) is 18.4. The Kier molecular flexibility index (Phi) is 4.56. The van der Waals surface area contributed by atoms with Gasteiger partial charge in [-0.2, -0.15) is 4.98 Å². The second kappa shape index (κ2) is 6.17. The Morgan fingerprint density at radius 2 is 1.84 bits per heavy atom. The maximum Gasteiger partial charge on any atom is 0.266 e. The highest BCUT2D eigenvalue weighted by atomic mass is 16.5. The fraction of sp³-hybridized carbons (Fsp3) is 0.786. The van der Waals surface area contributed by atoms with E-state index < -0.39 is 0 Å². The van der Waals surface area contributed by atoms with Crippen molar-refractivity contribution in [2.45, 2.75) is 52.4 Å². The smallest absolute Gasteiger partial charge is 0.266 e. The Balaban J connectivity index is 2.15. The van der Waals surface area contributed by atoms with Gasteiger partial charge in [0.2, 0.25) is 5.89 Å². The molecule has 0 spiro atoms. The zero-order valence-electron chi connectivity index (χ0n) is 12.1. The molecule has 0 amide bonds. The van der Waals surface area contributed by atoms with E-state index in [1.807, 2.05) is 13.8 Å². The number of hydrogen-bond acceptors (Lipinski definition) is 5. The van der Waals surface area contributed by atoms with Gasteiger partial charge in [0.05, 0.1) is 5.92 Å². The minimum Gasteiger partial charge on any atom is -0.338 e. The van der Waals surface area contributed by atoms with Crippen molar-refractivity contribution in [3.8, 4) is 0 Å². The van der Waals surface area contributed by atoms with E-state index in [2.05, 4.69) is 15.0 Å². The largest absolute Gasteiger partial charge is 0.338 e. The number of nitrogens with zero attached hydrogens (tertiary/aromatic N) is 3. The number of Topliss-reactive ketones (excluding diaryl/α,β-unsaturated/α-hetero) is 1. The molecule has 0 aromatic carbocycles. The zero-order chi connectivity index (χ0) is 13.8. The van der Waals surface area contributed by atoms with Gasteiger partial charge in [0.25, 0.3) is 5.95 Å². The molecule has 0 aliphatic carbocycles. The lowest BCUT2D eigenvalue weighted by molar-refractivity contribution is -0.119. The molecule has 5 heteroatoms. The molecule has 0 radical (unpaired) electrons. The monoisotopic (exact) mass is 265 g/mol. The molecule has 1 atom stereocenters. The van der Waals surface area contributed by atoms with Crippen LogP contribution in [0.25, 0.3) is 0 Å². The van der Waals surface area contributed by atoms with Gasteiger partial charge in [-0.15, -0.1) is 0 Å². The minimum absolute atomic E-state index is 0.0843. The van der Waals surface area contributed by atoms with Crippen LogP contribution < -0.4 is 4.90 Å². The molecule has 1 saturated heterocycles. The first-order valence-corrected chi connectivity index (χ1v) is 7.18. The molecule has 1 unspecified atom stereocenters. The molecular weight excluding hydrogens is 242 g/mol. The molecule has 0 saturated carbocycles. The number of rotatable bonds is 4. The molecule has 0 bridgehead atoms. The molecule has 2 rings (SSSR count). The topological polar surface area (TPSA) is 59.2 Å². The van der Waals surface area contributed by atoms with Crippen LogP contribution in [0.4, 0.5) is 5.95 Å². The molecule has 19 heavy (non-hydrogen) atoms. The molecule has 106 valence electrons. The summed E-state index contributed by atoms with van der Waals surface area (Å²) in [5.41, 5.74) is 0. The molecular formula is C14H23N3O2. The van der Waals surface area contributed by atoms with E-state index in [1.165, 1.54) is 25.7 Å². The van der Waals surface area contributed by atoms with E-state index in [-0.39, 0.29) is 17.6 Å². The molecule has 0 N–H and O–H groups in total. The van der Waals surface area contributed by atoms with Gasteiger partial charge in [-0.3, -0.25) is 4.79 Å². The van der Waals surface area contributed by atoms with Crippen molar-refractivity contribution in [2.24, 2.45) is 5.92 Å². The van der Waals surface area contributed by atoms with Crippen LogP contribution in [0.2, 0.25) is 0 Å². The van der Waals surface area contributed by atoms with E-state index >= 15 is 0 Å². The fourth-order valence-corrected chi connectivity index (χ4v) is 2.68. The van der Waals surface area contributed by atoms with Crippen LogP contribution in [0.5, 0.6) is 0 Å². The van der Waals surface area contributed by atoms with Gasteiger partial charge in [-0.05, 0) is 30.8 Å². The van der Waals surface area contributed by atoms with Crippen LogP contribution in [0.3, 0.4) is 0 Å². The van der Waals surface area contributed by atoms with Crippen molar-refractivity contribution in [1.29, 1.82) is 0 Å². The summed E-state index contributed by atoms with van der Waals surface area (Å²) in [5, 5.41) is 4.05. The zero-order valence-corrected chi connectivity index (χ0v) is 12.1. The number of ketones is 1. The van der Waals surface area contributed by atoms with E-state index in [4.69, 9.17) is 4.52 Å². The second-order valence-electron chi connectivity index (χ2n) is 5.67. The third kappa shape index (κ3) is 3.33. The summed E-state index contributed by atoms with van der Waals surface area (Å²) >= 11 is 0. The maximum absolute atomic E-state index is 11.7. The van der Waals surface area contributed by atoms with Crippen molar-refractivity contribution in [1.82, 2.24) is 10.1 Å². The highest BCUT2D eigenvalue weighted by Crippen LogP contribution is 2.26. The maximum atomic E-state index is 11.7. The highest BCUT2D eigenvalue weighted by Gasteiger charge is 2.28. The summed E-state index contributed by atoms with van der Waals surface area (Å²) < 4.78 is 5.32. The van der Waals surface area contributed by atoms with Crippen molar-refractivity contribution in [3.05, 3.63) is 5.89 Å². The lowest BCUT2D eigenvalue weighted by atomic mass is 9.92. The lowest BCUT2D eigenvalue weighted by Crippen LogP contribution is -2.25. The van der Waals surface area contributed by atoms with Gasteiger partial charge in [0, 0.05) is 13.1 Å². The SMILES string of the molecule is CC(=O)C(c1nc(N2CCCCCC2)no1)C(C)C. The van der Waals surface area contributed by atoms with Crippen LogP contribution >= 0.6 is 0 Å². The van der Waals surface area contributed by atoms with Crippen LogP contribution in [-0.2, 0) is 4.79 Å². The lowest BCUT2D eigenvalue weighted by Gasteiger charge is -2.17. The quantitative estimate of drug-likeness (QED) is 0.837. The van der Waals surface area contributed by atoms with Crippen molar-refractivity contribution in [3.63, 3.8) is 0 Å². The van der Waals surface area contributed by atoms with Crippen molar-refractivity contribution in [2.75, 3.05) is 18.0 Å². The first-order chi connectivity index (χ1) is 9.09. The number of aromatic nitrogens is 2. The van der Waals surface area contributed by atoms with Crippen LogP contribution in [0.1, 0.15) is 58.3 Å². The Morgan fingerprint density at radius 3 is 2.37 bits per heavy atom. The highest BCUT2D eigenvalue weighted by molar-refractivity contribution is 5.82. The van der Waals surface area contributed by atoms with Crippen LogP contribution in [0.15, 0.2) is 4.52 Å². The first kappa shape index (κ1) is 14.0. The summed E-state index contributed by atoms with van der Waals surface area (Å²) in [6.45, 7) is 7.54. The summed E-state index contributed by atoms with van der Waals surface area (Å²) in [6.07, 6.45) is 4.88. The van der Waals surface area contributed by atoms with E-state index in [1.54, 1.807) is 6.92 Å². The van der Waals surface area contributed by atoms with Gasteiger partial charge in [-0.1, -0.05) is 26.7 Å². The summed E-state index contributed by atoms with van der Waals surface area (Å²) in [4.78, 5) is 18.3. The van der Waals surface area contributed by atoms with Gasteiger partial charge >= 0.3 is 0 Å². The fourth-order valence-electron chi connectivity index (χ4n) is 2.68. The van der Waals surface area contributed by atoms with Gasteiger partial charge < -0.3 is 9.42 Å². The molecule has 1 fully saturated rings. The minimum atomic E-state index is -0.284. The Labute approximate surface area is 114 Å². The van der Waals surface area contributed by atoms with Crippen molar-refractivity contribution < 1.29 is 9.32 Å². The Bertz CT molecular complexity index is 420. The van der Waals surface area contributed by atoms with E-state index in [9.17, 15) is 4.79 Å². The third-order valence-electron chi connectivity index (χ3n) is 3.69. The predicted octanol–water partition coefficient (Wildman–Crippen LogP) is 2.78. The van der Waals surface area contributed by atoms with E-state index in [0.29, 0.717) is 11.8 Å². The van der Waals surface area contributed by atoms with Crippen molar-refractivity contribution >= 4 is 11.7 Å². The van der Waals surface area contributed by atoms with Crippen LogP contribution in [-0.4, -0.2) is 29.0 Å². The molecule has 5 nitrogen and oxygen atoms in total. The first-order valence-electron chi connectivity index (χ1n) is 7.18. The van der Waals surface area contributed by atoms with Gasteiger partial charge in [0.1, 0.15) is 5.78 Å². The summed E-state index contributed by atoms with van der Waals surface area (Å²) in [6, 6.07) is 0. The standard InChI is InChI=1S/C14H23N3O2/c1-10(2)12(11(3)18)13-15-14(16-19-13)17-8-6-4-5-7-9-17/h10,12H,4-9H2,1-3H3. The number of hydrogen-bond donors (Lipinski definition) is 0. The predicted molar refractivity (Wildman–Crippen MR) is 73.2 cm³/mol. The molecule has 1 aromatic rings. The van der Waals surface area contributed by atoms with Gasteiger partial charge in [-0.25, -0.2) is 0 Å². The molecule has 2 heterocycles. The average Bonchev–Trinajstić information content (AvgIpc) is 2.63. The average molecular weight is 265 g/mol. The summed E-state index contributed by atoms with van der Waals surface area (Å²) in [7, 11) is 0. The number of carbonyl (C=O) groups excluding carboxylic acids is 1. The Morgan fingerprint density at radius 1 is 1.21 bits per heavy atom.